The van der Waals surface area contributed by atoms with Crippen LogP contribution in [0.2, 0.25) is 0 Å². The first-order valence-corrected chi connectivity index (χ1v) is 5.18. The van der Waals surface area contributed by atoms with Crippen molar-refractivity contribution in [1.29, 1.82) is 5.26 Å². The average Bonchev–Trinajstić information content (AvgIpc) is 2.70. The zero-order valence-corrected chi connectivity index (χ0v) is 8.43. The highest BCUT2D eigenvalue weighted by molar-refractivity contribution is 4.97. The van der Waals surface area contributed by atoms with Crippen molar-refractivity contribution in [2.45, 2.75) is 32.2 Å². The van der Waals surface area contributed by atoms with Gasteiger partial charge in [0.2, 0.25) is 0 Å². The molecular weight excluding hydrogens is 174 g/mol. The first kappa shape index (κ1) is 9.26. The number of aromatic nitrogens is 2. The Kier molecular flexibility index (Phi) is 2.53. The van der Waals surface area contributed by atoms with Gasteiger partial charge in [-0.15, -0.1) is 0 Å². The van der Waals surface area contributed by atoms with Crippen LogP contribution in [0.4, 0.5) is 0 Å². The maximum Gasteiger partial charge on any atom is 0.0948 e. The molecule has 0 spiro atoms. The van der Waals surface area contributed by atoms with E-state index in [1.807, 2.05) is 12.5 Å². The fourth-order valence-corrected chi connectivity index (χ4v) is 2.30. The summed E-state index contributed by atoms with van der Waals surface area (Å²) in [6.07, 6.45) is 8.90. The third kappa shape index (κ3) is 1.65. The molecule has 0 aliphatic heterocycles. The highest BCUT2D eigenvalue weighted by Crippen LogP contribution is 2.36. The van der Waals surface area contributed by atoms with E-state index in [9.17, 15) is 0 Å². The van der Waals surface area contributed by atoms with Crippen LogP contribution in [0, 0.1) is 23.2 Å². The Morgan fingerprint density at radius 1 is 1.50 bits per heavy atom. The fraction of sp³-hybridized carbons (Fsp3) is 0.636. The van der Waals surface area contributed by atoms with E-state index in [2.05, 4.69) is 22.5 Å². The summed E-state index contributed by atoms with van der Waals surface area (Å²) in [7, 11) is 0. The van der Waals surface area contributed by atoms with Crippen molar-refractivity contribution < 1.29 is 0 Å². The summed E-state index contributed by atoms with van der Waals surface area (Å²) in [6, 6.07) is 2.75. The second kappa shape index (κ2) is 3.83. The van der Waals surface area contributed by atoms with Gasteiger partial charge < -0.3 is 4.57 Å². The van der Waals surface area contributed by atoms with Crippen molar-refractivity contribution >= 4 is 0 Å². The van der Waals surface area contributed by atoms with E-state index in [1.165, 1.54) is 6.42 Å². The molecule has 1 aromatic heterocycles. The maximum atomic E-state index is 9.06. The summed E-state index contributed by atoms with van der Waals surface area (Å²) < 4.78 is 2.09. The summed E-state index contributed by atoms with van der Waals surface area (Å²) in [6.45, 7) is 2.26. The van der Waals surface area contributed by atoms with Crippen LogP contribution in [0.1, 0.15) is 32.2 Å². The van der Waals surface area contributed by atoms with Gasteiger partial charge in [-0.25, -0.2) is 4.98 Å². The Morgan fingerprint density at radius 3 is 3.00 bits per heavy atom. The summed E-state index contributed by atoms with van der Waals surface area (Å²) >= 11 is 0. The van der Waals surface area contributed by atoms with Crippen LogP contribution in [-0.2, 0) is 0 Å². The molecule has 1 saturated carbocycles. The molecule has 0 saturated heterocycles. The molecule has 74 valence electrons. The second-order valence-corrected chi connectivity index (χ2v) is 4.23. The third-order valence-electron chi connectivity index (χ3n) is 3.15. The minimum Gasteiger partial charge on any atom is -0.333 e. The van der Waals surface area contributed by atoms with Crippen molar-refractivity contribution in [1.82, 2.24) is 9.55 Å². The monoisotopic (exact) mass is 189 g/mol. The molecule has 1 fully saturated rings. The van der Waals surface area contributed by atoms with Crippen LogP contribution in [0.5, 0.6) is 0 Å². The van der Waals surface area contributed by atoms with Crippen LogP contribution in [-0.4, -0.2) is 9.55 Å². The Labute approximate surface area is 84.4 Å². The van der Waals surface area contributed by atoms with Gasteiger partial charge in [0, 0.05) is 12.4 Å². The molecule has 14 heavy (non-hydrogen) atoms. The number of nitriles is 1. The van der Waals surface area contributed by atoms with Crippen LogP contribution in [0.15, 0.2) is 18.7 Å². The molecule has 1 aliphatic carbocycles. The van der Waals surface area contributed by atoms with E-state index in [4.69, 9.17) is 5.26 Å². The molecule has 0 aromatic carbocycles. The van der Waals surface area contributed by atoms with E-state index >= 15 is 0 Å². The molecule has 1 heterocycles. The Morgan fingerprint density at radius 2 is 2.36 bits per heavy atom. The van der Waals surface area contributed by atoms with E-state index in [1.54, 1.807) is 6.20 Å². The molecule has 0 N–H and O–H groups in total. The molecule has 0 bridgehead atoms. The highest BCUT2D eigenvalue weighted by Gasteiger charge is 2.29. The van der Waals surface area contributed by atoms with Gasteiger partial charge in [0.1, 0.15) is 0 Å². The lowest BCUT2D eigenvalue weighted by Gasteiger charge is -2.31. The molecule has 1 aromatic rings. The predicted octanol–water partition coefficient (Wildman–Crippen LogP) is 2.38. The van der Waals surface area contributed by atoms with Crippen LogP contribution in [0.25, 0.3) is 0 Å². The van der Waals surface area contributed by atoms with Crippen LogP contribution >= 0.6 is 0 Å². The number of nitrogens with zero attached hydrogens (tertiary/aromatic N) is 3. The topological polar surface area (TPSA) is 41.6 Å². The lowest BCUT2D eigenvalue weighted by Crippen LogP contribution is -2.25. The number of hydrogen-bond acceptors (Lipinski definition) is 2. The molecule has 2 rings (SSSR count). The standard InChI is InChI=1S/C11H15N3/c1-9-2-3-10(7-12)11(6-9)14-5-4-13-8-14/h4-5,8-11H,2-3,6H2,1H3. The van der Waals surface area contributed by atoms with Crippen molar-refractivity contribution in [3.63, 3.8) is 0 Å². The van der Waals surface area contributed by atoms with Gasteiger partial charge in [0.05, 0.1) is 24.4 Å². The number of rotatable bonds is 1. The lowest BCUT2D eigenvalue weighted by molar-refractivity contribution is 0.232. The van der Waals surface area contributed by atoms with Gasteiger partial charge in [0.25, 0.3) is 0 Å². The summed E-state index contributed by atoms with van der Waals surface area (Å²) in [5.41, 5.74) is 0. The van der Waals surface area contributed by atoms with E-state index in [-0.39, 0.29) is 5.92 Å². The van der Waals surface area contributed by atoms with Gasteiger partial charge in [-0.1, -0.05) is 6.92 Å². The maximum absolute atomic E-state index is 9.06. The van der Waals surface area contributed by atoms with Crippen LogP contribution < -0.4 is 0 Å². The van der Waals surface area contributed by atoms with E-state index < -0.39 is 0 Å². The normalized spacial score (nSPS) is 32.4. The quantitative estimate of drug-likeness (QED) is 0.680. The van der Waals surface area contributed by atoms with Crippen molar-refractivity contribution in [2.24, 2.45) is 11.8 Å². The van der Waals surface area contributed by atoms with E-state index in [0.717, 1.165) is 18.8 Å². The minimum absolute atomic E-state index is 0.167. The van der Waals surface area contributed by atoms with Crippen LogP contribution in [0.3, 0.4) is 0 Å². The SMILES string of the molecule is CC1CCC(C#N)C(n2ccnc2)C1. The first-order chi connectivity index (χ1) is 6.81. The summed E-state index contributed by atoms with van der Waals surface area (Å²) in [5, 5.41) is 9.06. The average molecular weight is 189 g/mol. The smallest absolute Gasteiger partial charge is 0.0948 e. The lowest BCUT2D eigenvalue weighted by atomic mass is 9.79. The third-order valence-corrected chi connectivity index (χ3v) is 3.15. The van der Waals surface area contributed by atoms with Gasteiger partial charge in [-0.3, -0.25) is 0 Å². The number of hydrogen-bond donors (Lipinski definition) is 0. The Bertz CT molecular complexity index is 323. The molecular formula is C11H15N3. The molecule has 1 aliphatic rings. The molecule has 3 unspecified atom stereocenters. The van der Waals surface area contributed by atoms with E-state index in [0.29, 0.717) is 6.04 Å². The zero-order valence-electron chi connectivity index (χ0n) is 8.43. The molecule has 0 radical (unpaired) electrons. The molecule has 3 nitrogen and oxygen atoms in total. The van der Waals surface area contributed by atoms with Crippen molar-refractivity contribution in [3.05, 3.63) is 18.7 Å². The molecule has 0 amide bonds. The zero-order chi connectivity index (χ0) is 9.97. The molecule has 3 atom stereocenters. The largest absolute Gasteiger partial charge is 0.333 e. The summed E-state index contributed by atoms with van der Waals surface area (Å²) in [5.74, 6) is 0.896. The number of imidazole rings is 1. The predicted molar refractivity (Wildman–Crippen MR) is 53.4 cm³/mol. The fourth-order valence-electron chi connectivity index (χ4n) is 2.30. The molecule has 3 heteroatoms. The van der Waals surface area contributed by atoms with Gasteiger partial charge in [0.15, 0.2) is 0 Å². The van der Waals surface area contributed by atoms with Crippen molar-refractivity contribution in [3.8, 4) is 6.07 Å². The minimum atomic E-state index is 0.167. The van der Waals surface area contributed by atoms with Gasteiger partial charge in [-0.05, 0) is 25.2 Å². The summed E-state index contributed by atoms with van der Waals surface area (Å²) in [4.78, 5) is 4.04. The Hall–Kier alpha value is -1.30. The van der Waals surface area contributed by atoms with Gasteiger partial charge in [-0.2, -0.15) is 5.26 Å². The van der Waals surface area contributed by atoms with Gasteiger partial charge >= 0.3 is 0 Å². The highest BCUT2D eigenvalue weighted by atomic mass is 15.1. The Balaban J connectivity index is 2.18. The van der Waals surface area contributed by atoms with Crippen molar-refractivity contribution in [2.75, 3.05) is 0 Å². The first-order valence-electron chi connectivity index (χ1n) is 5.18. The second-order valence-electron chi connectivity index (χ2n) is 4.23.